The number of hydrogen-bond acceptors (Lipinski definition) is 4. The first-order valence-corrected chi connectivity index (χ1v) is 6.34. The molecule has 19 heavy (non-hydrogen) atoms. The van der Waals surface area contributed by atoms with E-state index in [-0.39, 0.29) is 11.7 Å². The summed E-state index contributed by atoms with van der Waals surface area (Å²) < 4.78 is 5.78. The normalized spacial score (nSPS) is 11.2. The summed E-state index contributed by atoms with van der Waals surface area (Å²) in [5.41, 5.74) is 5.87. The number of amides is 1. The molecule has 0 aliphatic carbocycles. The van der Waals surface area contributed by atoms with Gasteiger partial charge < -0.3 is 20.6 Å². The van der Waals surface area contributed by atoms with Crippen molar-refractivity contribution in [3.8, 4) is 5.75 Å². The summed E-state index contributed by atoms with van der Waals surface area (Å²) in [6, 6.07) is 5.17. The Morgan fingerprint density at radius 1 is 1.58 bits per heavy atom. The Kier molecular flexibility index (Phi) is 5.62. The van der Waals surface area contributed by atoms with E-state index >= 15 is 0 Å². The van der Waals surface area contributed by atoms with Gasteiger partial charge in [-0.25, -0.2) is 0 Å². The molecule has 0 aliphatic rings. The predicted octanol–water partition coefficient (Wildman–Crippen LogP) is 1.67. The van der Waals surface area contributed by atoms with E-state index in [2.05, 4.69) is 21.1 Å². The summed E-state index contributed by atoms with van der Waals surface area (Å²) >= 11 is 3.33. The number of halogens is 1. The lowest BCUT2D eigenvalue weighted by atomic mass is 10.2. The minimum atomic E-state index is -0.170. The molecule has 0 heterocycles. The van der Waals surface area contributed by atoms with Gasteiger partial charge in [0.15, 0.2) is 0 Å². The second-order valence-electron chi connectivity index (χ2n) is 3.91. The third-order valence-electron chi connectivity index (χ3n) is 2.58. The standard InChI is InChI=1S/C12H16BrN3O3/c1-16(6-5-11(14)15-18)12(17)9-7-8(19-2)3-4-10(9)13/h3-4,7,18H,5-6H2,1-2H3,(H2,14,15). The first-order chi connectivity index (χ1) is 8.99. The van der Waals surface area contributed by atoms with Crippen molar-refractivity contribution in [2.24, 2.45) is 10.9 Å². The molecule has 0 saturated heterocycles. The molecule has 0 radical (unpaired) electrons. The van der Waals surface area contributed by atoms with Crippen molar-refractivity contribution < 1.29 is 14.7 Å². The first kappa shape index (κ1) is 15.3. The van der Waals surface area contributed by atoms with Crippen LogP contribution in [-0.4, -0.2) is 42.6 Å². The maximum Gasteiger partial charge on any atom is 0.254 e. The van der Waals surface area contributed by atoms with Gasteiger partial charge in [-0.05, 0) is 34.1 Å². The molecular weight excluding hydrogens is 314 g/mol. The Morgan fingerprint density at radius 3 is 2.84 bits per heavy atom. The Hall–Kier alpha value is -1.76. The van der Waals surface area contributed by atoms with E-state index in [1.807, 2.05) is 0 Å². The number of benzene rings is 1. The van der Waals surface area contributed by atoms with Gasteiger partial charge in [-0.1, -0.05) is 5.16 Å². The molecule has 104 valence electrons. The highest BCUT2D eigenvalue weighted by Gasteiger charge is 2.16. The number of nitrogens with zero attached hydrogens (tertiary/aromatic N) is 2. The van der Waals surface area contributed by atoms with Crippen molar-refractivity contribution in [1.29, 1.82) is 0 Å². The number of ether oxygens (including phenoxy) is 1. The fraction of sp³-hybridized carbons (Fsp3) is 0.333. The highest BCUT2D eigenvalue weighted by molar-refractivity contribution is 9.10. The molecule has 7 heteroatoms. The third kappa shape index (κ3) is 4.13. The first-order valence-electron chi connectivity index (χ1n) is 5.55. The summed E-state index contributed by atoms with van der Waals surface area (Å²) in [5.74, 6) is 0.525. The molecule has 6 nitrogen and oxygen atoms in total. The molecule has 0 atom stereocenters. The minimum absolute atomic E-state index is 0.0874. The highest BCUT2D eigenvalue weighted by Crippen LogP contribution is 2.23. The Balaban J connectivity index is 2.81. The van der Waals surface area contributed by atoms with Crippen molar-refractivity contribution in [3.63, 3.8) is 0 Å². The van der Waals surface area contributed by atoms with E-state index in [9.17, 15) is 4.79 Å². The van der Waals surface area contributed by atoms with Crippen molar-refractivity contribution in [2.75, 3.05) is 20.7 Å². The van der Waals surface area contributed by atoms with E-state index in [0.717, 1.165) is 0 Å². The van der Waals surface area contributed by atoms with Crippen LogP contribution in [0.4, 0.5) is 0 Å². The molecule has 0 fully saturated rings. The molecule has 1 aromatic rings. The van der Waals surface area contributed by atoms with Gasteiger partial charge in [0.1, 0.15) is 11.6 Å². The smallest absolute Gasteiger partial charge is 0.254 e. The van der Waals surface area contributed by atoms with Crippen LogP contribution >= 0.6 is 15.9 Å². The quantitative estimate of drug-likeness (QED) is 0.372. The van der Waals surface area contributed by atoms with E-state index in [1.54, 1.807) is 32.4 Å². The summed E-state index contributed by atoms with van der Waals surface area (Å²) in [4.78, 5) is 13.7. The minimum Gasteiger partial charge on any atom is -0.497 e. The molecule has 0 aliphatic heterocycles. The fourth-order valence-electron chi connectivity index (χ4n) is 1.43. The number of hydrogen-bond donors (Lipinski definition) is 2. The predicted molar refractivity (Wildman–Crippen MR) is 75.7 cm³/mol. The lowest BCUT2D eigenvalue weighted by Gasteiger charge is -2.18. The van der Waals surface area contributed by atoms with Crippen molar-refractivity contribution in [2.45, 2.75) is 6.42 Å². The number of oxime groups is 1. The summed E-state index contributed by atoms with van der Waals surface area (Å²) in [5, 5.41) is 11.3. The topological polar surface area (TPSA) is 88.2 Å². The van der Waals surface area contributed by atoms with Gasteiger partial charge in [0.25, 0.3) is 5.91 Å². The van der Waals surface area contributed by atoms with Crippen LogP contribution in [0.15, 0.2) is 27.8 Å². The molecule has 0 unspecified atom stereocenters. The van der Waals surface area contributed by atoms with Crippen LogP contribution in [0.1, 0.15) is 16.8 Å². The van der Waals surface area contributed by atoms with Crippen molar-refractivity contribution >= 4 is 27.7 Å². The number of carbonyl (C=O) groups excluding carboxylic acids is 1. The maximum atomic E-state index is 12.2. The molecule has 0 bridgehead atoms. The lowest BCUT2D eigenvalue weighted by Crippen LogP contribution is -2.30. The maximum absolute atomic E-state index is 12.2. The highest BCUT2D eigenvalue weighted by atomic mass is 79.9. The Morgan fingerprint density at radius 2 is 2.26 bits per heavy atom. The van der Waals surface area contributed by atoms with Crippen LogP contribution in [0.25, 0.3) is 0 Å². The van der Waals surface area contributed by atoms with Gasteiger partial charge in [-0.2, -0.15) is 0 Å². The zero-order chi connectivity index (χ0) is 14.4. The van der Waals surface area contributed by atoms with Crippen LogP contribution < -0.4 is 10.5 Å². The zero-order valence-electron chi connectivity index (χ0n) is 10.8. The number of rotatable bonds is 5. The number of amidine groups is 1. The average molecular weight is 330 g/mol. The monoisotopic (exact) mass is 329 g/mol. The summed E-state index contributed by atoms with van der Waals surface area (Å²) in [7, 11) is 3.19. The van der Waals surface area contributed by atoms with Crippen LogP contribution in [0.2, 0.25) is 0 Å². The molecule has 0 saturated carbocycles. The zero-order valence-corrected chi connectivity index (χ0v) is 12.3. The molecule has 0 aromatic heterocycles. The molecule has 1 rings (SSSR count). The fourth-order valence-corrected chi connectivity index (χ4v) is 1.85. The van der Waals surface area contributed by atoms with Gasteiger partial charge in [0, 0.05) is 24.5 Å². The Bertz CT molecular complexity index is 491. The number of methoxy groups -OCH3 is 1. The van der Waals surface area contributed by atoms with Crippen molar-refractivity contribution in [3.05, 3.63) is 28.2 Å². The number of nitrogens with two attached hydrogens (primary N) is 1. The van der Waals surface area contributed by atoms with E-state index in [0.29, 0.717) is 28.8 Å². The second kappa shape index (κ2) is 6.98. The van der Waals surface area contributed by atoms with Crippen LogP contribution in [-0.2, 0) is 0 Å². The van der Waals surface area contributed by atoms with Gasteiger partial charge in [0.2, 0.25) is 0 Å². The van der Waals surface area contributed by atoms with Gasteiger partial charge in [0.05, 0.1) is 12.7 Å². The van der Waals surface area contributed by atoms with E-state index in [4.69, 9.17) is 15.7 Å². The molecule has 3 N–H and O–H groups in total. The Labute approximate surface area is 120 Å². The molecule has 1 aromatic carbocycles. The van der Waals surface area contributed by atoms with Gasteiger partial charge in [-0.15, -0.1) is 0 Å². The SMILES string of the molecule is COc1ccc(Br)c(C(=O)N(C)CC/C(N)=N/O)c1. The van der Waals surface area contributed by atoms with Crippen molar-refractivity contribution in [1.82, 2.24) is 4.90 Å². The van der Waals surface area contributed by atoms with Gasteiger partial charge >= 0.3 is 0 Å². The molecule has 1 amide bonds. The van der Waals surface area contributed by atoms with Crippen LogP contribution in [0.3, 0.4) is 0 Å². The second-order valence-corrected chi connectivity index (χ2v) is 4.77. The van der Waals surface area contributed by atoms with E-state index in [1.165, 1.54) is 4.90 Å². The largest absolute Gasteiger partial charge is 0.497 e. The molecular formula is C12H16BrN3O3. The van der Waals surface area contributed by atoms with Crippen LogP contribution in [0.5, 0.6) is 5.75 Å². The average Bonchev–Trinajstić information content (AvgIpc) is 2.44. The lowest BCUT2D eigenvalue weighted by molar-refractivity contribution is 0.0797. The van der Waals surface area contributed by atoms with Crippen LogP contribution in [0, 0.1) is 0 Å². The van der Waals surface area contributed by atoms with Gasteiger partial charge in [-0.3, -0.25) is 4.79 Å². The number of carbonyl (C=O) groups is 1. The summed E-state index contributed by atoms with van der Waals surface area (Å²) in [6.45, 7) is 0.360. The third-order valence-corrected chi connectivity index (χ3v) is 3.27. The summed E-state index contributed by atoms with van der Waals surface area (Å²) in [6.07, 6.45) is 0.306. The molecule has 0 spiro atoms. The van der Waals surface area contributed by atoms with E-state index < -0.39 is 0 Å².